The van der Waals surface area contributed by atoms with E-state index in [2.05, 4.69) is 22.3 Å². The van der Waals surface area contributed by atoms with Gasteiger partial charge in [-0.3, -0.25) is 4.79 Å². The van der Waals surface area contributed by atoms with Gasteiger partial charge in [-0.05, 0) is 37.5 Å². The Morgan fingerprint density at radius 3 is 2.67 bits per heavy atom. The molecule has 4 rings (SSSR count). The standard InChI is InChI=1S/C16H23F2N5O/c1-9-6-11(9)15(24)22-4-2-10(3-5-22)12-7-13(14(17)18)23-16(21-12)19-8-20-23/h8-14H,2-7H2,1H3,(H,19,20,21)/t9?,11?,12-,13+/m0/s1. The second-order valence-electron chi connectivity index (χ2n) is 7.40. The lowest BCUT2D eigenvalue weighted by atomic mass is 9.85. The molecule has 2 unspecified atom stereocenters. The number of nitrogens with one attached hydrogen (secondary N) is 1. The topological polar surface area (TPSA) is 63.1 Å². The highest BCUT2D eigenvalue weighted by Gasteiger charge is 2.43. The molecule has 2 aliphatic heterocycles. The van der Waals surface area contributed by atoms with E-state index in [0.29, 0.717) is 18.3 Å². The van der Waals surface area contributed by atoms with Gasteiger partial charge in [0.1, 0.15) is 12.4 Å². The summed E-state index contributed by atoms with van der Waals surface area (Å²) in [5, 5.41) is 7.19. The Kier molecular flexibility index (Phi) is 3.92. The molecule has 24 heavy (non-hydrogen) atoms. The zero-order valence-corrected chi connectivity index (χ0v) is 13.7. The van der Waals surface area contributed by atoms with Crippen molar-refractivity contribution in [2.24, 2.45) is 17.8 Å². The van der Waals surface area contributed by atoms with E-state index in [9.17, 15) is 13.6 Å². The first-order chi connectivity index (χ1) is 11.5. The van der Waals surface area contributed by atoms with E-state index in [1.165, 1.54) is 11.0 Å². The Hall–Kier alpha value is -1.73. The van der Waals surface area contributed by atoms with Crippen LogP contribution in [-0.4, -0.2) is 51.1 Å². The highest BCUT2D eigenvalue weighted by atomic mass is 19.3. The lowest BCUT2D eigenvalue weighted by Crippen LogP contribution is -2.46. The lowest BCUT2D eigenvalue weighted by Gasteiger charge is -2.40. The van der Waals surface area contributed by atoms with E-state index in [-0.39, 0.29) is 23.8 Å². The number of anilines is 1. The minimum atomic E-state index is -2.45. The number of fused-ring (bicyclic) bond motifs is 1. The molecule has 0 bridgehead atoms. The van der Waals surface area contributed by atoms with Crippen LogP contribution in [0.3, 0.4) is 0 Å². The van der Waals surface area contributed by atoms with Crippen LogP contribution in [0, 0.1) is 17.8 Å². The van der Waals surface area contributed by atoms with Crippen LogP contribution in [0.4, 0.5) is 14.7 Å². The van der Waals surface area contributed by atoms with Crippen molar-refractivity contribution in [1.29, 1.82) is 0 Å². The van der Waals surface area contributed by atoms with E-state index in [1.54, 1.807) is 0 Å². The van der Waals surface area contributed by atoms with Crippen LogP contribution >= 0.6 is 0 Å². The molecular formula is C16H23F2N5O. The monoisotopic (exact) mass is 339 g/mol. The van der Waals surface area contributed by atoms with Crippen molar-refractivity contribution in [1.82, 2.24) is 19.7 Å². The Morgan fingerprint density at radius 2 is 2.04 bits per heavy atom. The summed E-state index contributed by atoms with van der Waals surface area (Å²) in [5.41, 5.74) is 0. The number of piperidine rings is 1. The maximum Gasteiger partial charge on any atom is 0.260 e. The number of alkyl halides is 2. The quantitative estimate of drug-likeness (QED) is 0.917. The Morgan fingerprint density at radius 1 is 1.33 bits per heavy atom. The SMILES string of the molecule is CC1CC1C(=O)N1CCC([C@@H]2C[C@H](C(F)F)n3ncnc3N2)CC1. The van der Waals surface area contributed by atoms with E-state index in [1.807, 2.05) is 4.90 Å². The third kappa shape index (κ3) is 2.75. The Bertz CT molecular complexity index is 613. The van der Waals surface area contributed by atoms with Crippen molar-refractivity contribution in [3.63, 3.8) is 0 Å². The minimum Gasteiger partial charge on any atom is -0.351 e. The van der Waals surface area contributed by atoms with Gasteiger partial charge in [0.25, 0.3) is 6.43 Å². The van der Waals surface area contributed by atoms with Gasteiger partial charge >= 0.3 is 0 Å². The number of hydrogen-bond acceptors (Lipinski definition) is 4. The molecule has 1 aromatic heterocycles. The fourth-order valence-electron chi connectivity index (χ4n) is 4.12. The number of halogens is 2. The third-order valence-electron chi connectivity index (χ3n) is 5.83. The predicted molar refractivity (Wildman–Crippen MR) is 83.7 cm³/mol. The molecule has 1 amide bonds. The normalized spacial score (nSPS) is 33.2. The largest absolute Gasteiger partial charge is 0.351 e. The molecule has 132 valence electrons. The molecule has 1 aliphatic carbocycles. The minimum absolute atomic E-state index is 0.0298. The maximum absolute atomic E-state index is 13.3. The number of carbonyl (C=O) groups excluding carboxylic acids is 1. The zero-order chi connectivity index (χ0) is 16.8. The van der Waals surface area contributed by atoms with Crippen LogP contribution in [0.2, 0.25) is 0 Å². The molecule has 3 heterocycles. The van der Waals surface area contributed by atoms with Crippen molar-refractivity contribution in [3.8, 4) is 0 Å². The number of aromatic nitrogens is 3. The molecule has 0 aromatic carbocycles. The van der Waals surface area contributed by atoms with Crippen LogP contribution in [-0.2, 0) is 4.79 Å². The molecule has 6 nitrogen and oxygen atoms in total. The highest BCUT2D eigenvalue weighted by Crippen LogP contribution is 2.40. The van der Waals surface area contributed by atoms with Crippen LogP contribution in [0.25, 0.3) is 0 Å². The summed E-state index contributed by atoms with van der Waals surface area (Å²) in [7, 11) is 0. The van der Waals surface area contributed by atoms with Crippen molar-refractivity contribution in [2.75, 3.05) is 18.4 Å². The Balaban J connectivity index is 1.38. The number of rotatable bonds is 3. The van der Waals surface area contributed by atoms with Gasteiger partial charge in [0.05, 0.1) is 0 Å². The molecule has 1 saturated heterocycles. The second-order valence-corrected chi connectivity index (χ2v) is 7.40. The third-order valence-corrected chi connectivity index (χ3v) is 5.83. The first-order valence-corrected chi connectivity index (χ1v) is 8.77. The fourth-order valence-corrected chi connectivity index (χ4v) is 4.12. The number of nitrogens with zero attached hydrogens (tertiary/aromatic N) is 4. The van der Waals surface area contributed by atoms with E-state index < -0.39 is 12.5 Å². The van der Waals surface area contributed by atoms with Gasteiger partial charge in [0.2, 0.25) is 11.9 Å². The van der Waals surface area contributed by atoms with Crippen molar-refractivity contribution >= 4 is 11.9 Å². The summed E-state index contributed by atoms with van der Waals surface area (Å²) >= 11 is 0. The summed E-state index contributed by atoms with van der Waals surface area (Å²) < 4.78 is 28.0. The van der Waals surface area contributed by atoms with Gasteiger partial charge < -0.3 is 10.2 Å². The molecule has 2 fully saturated rings. The predicted octanol–water partition coefficient (Wildman–Crippen LogP) is 2.16. The molecule has 3 aliphatic rings. The van der Waals surface area contributed by atoms with Gasteiger partial charge in [-0.2, -0.15) is 10.1 Å². The zero-order valence-electron chi connectivity index (χ0n) is 13.7. The van der Waals surface area contributed by atoms with Crippen molar-refractivity contribution in [3.05, 3.63) is 6.33 Å². The van der Waals surface area contributed by atoms with Gasteiger partial charge in [0.15, 0.2) is 0 Å². The van der Waals surface area contributed by atoms with Crippen LogP contribution < -0.4 is 5.32 Å². The molecule has 8 heteroatoms. The average Bonchev–Trinajstić information content (AvgIpc) is 3.12. The van der Waals surface area contributed by atoms with E-state index >= 15 is 0 Å². The van der Waals surface area contributed by atoms with E-state index in [4.69, 9.17) is 0 Å². The summed E-state index contributed by atoms with van der Waals surface area (Å²) in [6.45, 7) is 3.58. The lowest BCUT2D eigenvalue weighted by molar-refractivity contribution is -0.134. The molecule has 1 aromatic rings. The van der Waals surface area contributed by atoms with Gasteiger partial charge in [-0.25, -0.2) is 13.5 Å². The van der Waals surface area contributed by atoms with Crippen molar-refractivity contribution in [2.45, 2.75) is 51.1 Å². The first kappa shape index (κ1) is 15.8. The summed E-state index contributed by atoms with van der Waals surface area (Å²) in [4.78, 5) is 18.3. The molecule has 0 radical (unpaired) electrons. The number of likely N-dealkylation sites (tertiary alicyclic amines) is 1. The average molecular weight is 339 g/mol. The first-order valence-electron chi connectivity index (χ1n) is 8.77. The number of amides is 1. The molecule has 4 atom stereocenters. The van der Waals surface area contributed by atoms with Crippen molar-refractivity contribution < 1.29 is 13.6 Å². The second kappa shape index (κ2) is 5.97. The van der Waals surface area contributed by atoms with Crippen LogP contribution in [0.1, 0.15) is 38.6 Å². The van der Waals surface area contributed by atoms with Gasteiger partial charge in [0, 0.05) is 25.0 Å². The number of carbonyl (C=O) groups is 1. The summed E-state index contributed by atoms with van der Waals surface area (Å²) in [5.74, 6) is 1.74. The molecule has 1 saturated carbocycles. The maximum atomic E-state index is 13.3. The van der Waals surface area contributed by atoms with Crippen LogP contribution in [0.15, 0.2) is 6.33 Å². The smallest absolute Gasteiger partial charge is 0.260 e. The fraction of sp³-hybridized carbons (Fsp3) is 0.812. The van der Waals surface area contributed by atoms with E-state index in [0.717, 1.165) is 32.4 Å². The summed E-state index contributed by atoms with van der Waals surface area (Å²) in [6.07, 6.45) is 1.94. The van der Waals surface area contributed by atoms with Gasteiger partial charge in [-0.1, -0.05) is 6.92 Å². The molecule has 1 N–H and O–H groups in total. The van der Waals surface area contributed by atoms with Gasteiger partial charge in [-0.15, -0.1) is 0 Å². The molecule has 0 spiro atoms. The number of hydrogen-bond donors (Lipinski definition) is 1. The Labute approximate surface area is 139 Å². The highest BCUT2D eigenvalue weighted by molar-refractivity contribution is 5.81. The molecular weight excluding hydrogens is 316 g/mol. The summed E-state index contributed by atoms with van der Waals surface area (Å²) in [6, 6.07) is -0.946. The van der Waals surface area contributed by atoms with Crippen LogP contribution in [0.5, 0.6) is 0 Å².